The second kappa shape index (κ2) is 14.2. The molecule has 4 aromatic carbocycles. The van der Waals surface area contributed by atoms with Gasteiger partial charge in [-0.25, -0.2) is 8.42 Å². The number of hydrogen-bond acceptors (Lipinski definition) is 5. The Morgan fingerprint density at radius 3 is 2.09 bits per heavy atom. The minimum absolute atomic E-state index is 0.00645. The first-order chi connectivity index (χ1) is 20.6. The SMILES string of the molecule is CNC(=O)C(Cc1ccccc1)N(Cc1ccc(C)cc1)C(=O)CN(c1ccc(OC)c(Cl)c1)S(=O)(=O)c1ccccc1. The fraction of sp³-hybridized carbons (Fsp3) is 0.212. The molecule has 8 nitrogen and oxygen atoms in total. The van der Waals surface area contributed by atoms with Crippen LogP contribution in [0.3, 0.4) is 0 Å². The average Bonchev–Trinajstić information content (AvgIpc) is 3.02. The van der Waals surface area contributed by atoms with E-state index in [2.05, 4.69) is 5.32 Å². The number of sulfonamides is 1. The van der Waals surface area contributed by atoms with Crippen LogP contribution in [0.25, 0.3) is 0 Å². The van der Waals surface area contributed by atoms with Crippen molar-refractivity contribution in [3.8, 4) is 5.75 Å². The van der Waals surface area contributed by atoms with Crippen LogP contribution in [-0.4, -0.2) is 51.9 Å². The number of amides is 2. The molecule has 0 saturated carbocycles. The summed E-state index contributed by atoms with van der Waals surface area (Å²) in [5.74, 6) is -0.567. The maximum Gasteiger partial charge on any atom is 0.264 e. The van der Waals surface area contributed by atoms with Gasteiger partial charge in [-0.15, -0.1) is 0 Å². The second-order valence-corrected chi connectivity index (χ2v) is 12.2. The standard InChI is InChI=1S/C33H34ClN3O5S/c1-24-14-16-26(17-15-24)22-36(30(33(39)35-2)20-25-10-6-4-7-11-25)32(38)23-37(27-18-19-31(42-3)29(34)21-27)43(40,41)28-12-8-5-9-13-28/h4-19,21,30H,20,22-23H2,1-3H3,(H,35,39). The number of nitrogens with zero attached hydrogens (tertiary/aromatic N) is 2. The Morgan fingerprint density at radius 2 is 1.51 bits per heavy atom. The van der Waals surface area contributed by atoms with Gasteiger partial charge in [-0.3, -0.25) is 13.9 Å². The van der Waals surface area contributed by atoms with E-state index in [1.54, 1.807) is 24.3 Å². The van der Waals surface area contributed by atoms with Gasteiger partial charge >= 0.3 is 0 Å². The van der Waals surface area contributed by atoms with Gasteiger partial charge in [0.1, 0.15) is 18.3 Å². The molecule has 0 aliphatic heterocycles. The number of ether oxygens (including phenoxy) is 1. The quantitative estimate of drug-likeness (QED) is 0.234. The maximum atomic E-state index is 14.3. The van der Waals surface area contributed by atoms with Crippen molar-refractivity contribution in [2.45, 2.75) is 30.8 Å². The number of nitrogens with one attached hydrogen (secondary N) is 1. The summed E-state index contributed by atoms with van der Waals surface area (Å²) in [7, 11) is -1.25. The Labute approximate surface area is 257 Å². The van der Waals surface area contributed by atoms with Crippen LogP contribution in [-0.2, 0) is 32.6 Å². The molecule has 2 amide bonds. The van der Waals surface area contributed by atoms with E-state index in [9.17, 15) is 18.0 Å². The Bertz CT molecular complexity index is 1650. The molecule has 0 bridgehead atoms. The van der Waals surface area contributed by atoms with Crippen LogP contribution in [0.4, 0.5) is 5.69 Å². The number of carbonyl (C=O) groups excluding carboxylic acids is 2. The molecule has 1 atom stereocenters. The normalized spacial score (nSPS) is 11.8. The molecular weight excluding hydrogens is 586 g/mol. The van der Waals surface area contributed by atoms with Crippen molar-refractivity contribution in [2.24, 2.45) is 0 Å². The third-order valence-corrected chi connectivity index (χ3v) is 9.11. The summed E-state index contributed by atoms with van der Waals surface area (Å²) >= 11 is 6.40. The van der Waals surface area contributed by atoms with Crippen LogP contribution in [0.5, 0.6) is 5.75 Å². The van der Waals surface area contributed by atoms with Gasteiger partial charge in [0.25, 0.3) is 10.0 Å². The van der Waals surface area contributed by atoms with Gasteiger partial charge in [-0.1, -0.05) is 90.0 Å². The van der Waals surface area contributed by atoms with Gasteiger partial charge < -0.3 is 15.0 Å². The molecule has 43 heavy (non-hydrogen) atoms. The zero-order chi connectivity index (χ0) is 31.0. The molecule has 0 radical (unpaired) electrons. The van der Waals surface area contributed by atoms with E-state index in [0.29, 0.717) is 5.75 Å². The van der Waals surface area contributed by atoms with E-state index < -0.39 is 28.5 Å². The van der Waals surface area contributed by atoms with Crippen molar-refractivity contribution in [3.63, 3.8) is 0 Å². The predicted molar refractivity (Wildman–Crippen MR) is 169 cm³/mol. The van der Waals surface area contributed by atoms with Gasteiger partial charge in [0.05, 0.1) is 22.7 Å². The van der Waals surface area contributed by atoms with Gasteiger partial charge in [0.2, 0.25) is 11.8 Å². The molecule has 1 unspecified atom stereocenters. The summed E-state index contributed by atoms with van der Waals surface area (Å²) < 4.78 is 34.3. The molecule has 1 N–H and O–H groups in total. The third kappa shape index (κ3) is 7.74. The number of rotatable bonds is 12. The molecule has 0 aliphatic rings. The first kappa shape index (κ1) is 31.6. The molecule has 0 saturated heterocycles. The van der Waals surface area contributed by atoms with Crippen LogP contribution in [0.2, 0.25) is 5.02 Å². The van der Waals surface area contributed by atoms with E-state index in [-0.39, 0.29) is 34.5 Å². The largest absolute Gasteiger partial charge is 0.495 e. The number of anilines is 1. The molecule has 0 heterocycles. The maximum absolute atomic E-state index is 14.3. The highest BCUT2D eigenvalue weighted by Crippen LogP contribution is 2.32. The van der Waals surface area contributed by atoms with E-state index in [4.69, 9.17) is 16.3 Å². The van der Waals surface area contributed by atoms with Crippen LogP contribution in [0.15, 0.2) is 108 Å². The van der Waals surface area contributed by atoms with Gasteiger partial charge in [0.15, 0.2) is 0 Å². The van der Waals surface area contributed by atoms with Gasteiger partial charge in [-0.05, 0) is 48.4 Å². The van der Waals surface area contributed by atoms with Crippen molar-refractivity contribution in [1.29, 1.82) is 0 Å². The number of hydrogen-bond donors (Lipinski definition) is 1. The highest BCUT2D eigenvalue weighted by Gasteiger charge is 2.34. The van der Waals surface area contributed by atoms with Crippen LogP contribution in [0.1, 0.15) is 16.7 Å². The first-order valence-corrected chi connectivity index (χ1v) is 15.5. The summed E-state index contributed by atoms with van der Waals surface area (Å²) in [6.45, 7) is 1.47. The van der Waals surface area contributed by atoms with Crippen LogP contribution in [0, 0.1) is 6.92 Å². The molecule has 224 valence electrons. The van der Waals surface area contributed by atoms with Gasteiger partial charge in [-0.2, -0.15) is 0 Å². The molecule has 10 heteroatoms. The first-order valence-electron chi connectivity index (χ1n) is 13.7. The Kier molecular flexibility index (Phi) is 10.4. The smallest absolute Gasteiger partial charge is 0.264 e. The number of methoxy groups -OCH3 is 1. The number of carbonyl (C=O) groups is 2. The molecule has 0 fully saturated rings. The number of halogens is 1. The number of benzene rings is 4. The van der Waals surface area contributed by atoms with Gasteiger partial charge in [0, 0.05) is 20.0 Å². The van der Waals surface area contributed by atoms with Crippen molar-refractivity contribution in [3.05, 3.63) is 125 Å². The Hall–Kier alpha value is -4.34. The fourth-order valence-corrected chi connectivity index (χ4v) is 6.35. The van der Waals surface area contributed by atoms with Crippen LogP contribution >= 0.6 is 11.6 Å². The lowest BCUT2D eigenvalue weighted by Gasteiger charge is -2.33. The summed E-state index contributed by atoms with van der Waals surface area (Å²) in [5.41, 5.74) is 2.88. The summed E-state index contributed by atoms with van der Waals surface area (Å²) in [5, 5.41) is 2.87. The Balaban J connectivity index is 1.80. The monoisotopic (exact) mass is 619 g/mol. The lowest BCUT2D eigenvalue weighted by atomic mass is 10.0. The molecule has 0 aliphatic carbocycles. The third-order valence-electron chi connectivity index (χ3n) is 7.02. The van der Waals surface area contributed by atoms with Crippen molar-refractivity contribution in [1.82, 2.24) is 10.2 Å². The minimum Gasteiger partial charge on any atom is -0.495 e. The summed E-state index contributed by atoms with van der Waals surface area (Å²) in [6.07, 6.45) is 0.234. The molecule has 4 rings (SSSR count). The zero-order valence-corrected chi connectivity index (χ0v) is 25.8. The average molecular weight is 620 g/mol. The minimum atomic E-state index is -4.22. The summed E-state index contributed by atoms with van der Waals surface area (Å²) in [4.78, 5) is 29.1. The second-order valence-electron chi connectivity index (χ2n) is 9.97. The highest BCUT2D eigenvalue weighted by molar-refractivity contribution is 7.92. The topological polar surface area (TPSA) is 96.0 Å². The zero-order valence-electron chi connectivity index (χ0n) is 24.2. The van der Waals surface area contributed by atoms with E-state index in [0.717, 1.165) is 21.0 Å². The number of aryl methyl sites for hydroxylation is 1. The molecule has 4 aromatic rings. The lowest BCUT2D eigenvalue weighted by Crippen LogP contribution is -2.53. The highest BCUT2D eigenvalue weighted by atomic mass is 35.5. The fourth-order valence-electron chi connectivity index (χ4n) is 4.67. The molecule has 0 aromatic heterocycles. The van der Waals surface area contributed by atoms with Crippen molar-refractivity contribution < 1.29 is 22.7 Å². The van der Waals surface area contributed by atoms with Crippen LogP contribution < -0.4 is 14.4 Å². The van der Waals surface area contributed by atoms with Crippen molar-refractivity contribution >= 4 is 39.1 Å². The number of likely N-dealkylation sites (N-methyl/N-ethyl adjacent to an activating group) is 1. The predicted octanol–water partition coefficient (Wildman–Crippen LogP) is 5.24. The van der Waals surface area contributed by atoms with E-state index in [1.807, 2.05) is 61.5 Å². The Morgan fingerprint density at radius 1 is 0.884 bits per heavy atom. The van der Waals surface area contributed by atoms with Crippen molar-refractivity contribution in [2.75, 3.05) is 25.0 Å². The lowest BCUT2D eigenvalue weighted by molar-refractivity contribution is -0.139. The van der Waals surface area contributed by atoms with E-state index >= 15 is 0 Å². The summed E-state index contributed by atoms with van der Waals surface area (Å²) in [6, 6.07) is 28.5. The molecular formula is C33H34ClN3O5S. The van der Waals surface area contributed by atoms with E-state index in [1.165, 1.54) is 43.3 Å². The molecule has 0 spiro atoms.